The van der Waals surface area contributed by atoms with Crippen LogP contribution in [0.4, 0.5) is 8.78 Å². The van der Waals surface area contributed by atoms with Crippen LogP contribution in [0.5, 0.6) is 0 Å². The van der Waals surface area contributed by atoms with E-state index in [0.717, 1.165) is 31.4 Å². The topological polar surface area (TPSA) is 124 Å². The molecule has 1 aliphatic rings. The van der Waals surface area contributed by atoms with Gasteiger partial charge >= 0.3 is 0 Å². The van der Waals surface area contributed by atoms with Gasteiger partial charge in [-0.15, -0.1) is 0 Å². The van der Waals surface area contributed by atoms with Crippen LogP contribution in [0.3, 0.4) is 0 Å². The maximum atomic E-state index is 14.1. The fourth-order valence-corrected chi connectivity index (χ4v) is 4.82. The summed E-state index contributed by atoms with van der Waals surface area (Å²) in [5, 5.41) is 2.67. The molecule has 0 aliphatic carbocycles. The van der Waals surface area contributed by atoms with Gasteiger partial charge in [0.05, 0.1) is 30.1 Å². The van der Waals surface area contributed by atoms with Crippen molar-refractivity contribution < 1.29 is 26.8 Å². The molecule has 1 fully saturated rings. The highest BCUT2D eigenvalue weighted by Crippen LogP contribution is 2.23. The Morgan fingerprint density at radius 1 is 1.29 bits per heavy atom. The van der Waals surface area contributed by atoms with Crippen LogP contribution in [0.1, 0.15) is 58.3 Å². The van der Waals surface area contributed by atoms with Gasteiger partial charge in [-0.1, -0.05) is 0 Å². The van der Waals surface area contributed by atoms with Gasteiger partial charge in [0.15, 0.2) is 0 Å². The van der Waals surface area contributed by atoms with E-state index in [1.54, 1.807) is 11.8 Å². The first-order chi connectivity index (χ1) is 16.5. The van der Waals surface area contributed by atoms with E-state index < -0.39 is 39.6 Å². The third kappa shape index (κ3) is 6.85. The normalized spacial score (nSPS) is 18.2. The number of H-pyrrole nitrogens is 1. The van der Waals surface area contributed by atoms with Crippen LogP contribution in [-0.4, -0.2) is 59.5 Å². The van der Waals surface area contributed by atoms with Crippen LogP contribution in [0.25, 0.3) is 11.3 Å². The van der Waals surface area contributed by atoms with Gasteiger partial charge in [-0.2, -0.15) is 0 Å². The zero-order valence-corrected chi connectivity index (χ0v) is 20.8. The van der Waals surface area contributed by atoms with E-state index in [9.17, 15) is 26.8 Å². The molecule has 1 saturated heterocycles. The monoisotopic (exact) mass is 511 g/mol. The summed E-state index contributed by atoms with van der Waals surface area (Å²) in [6, 6.07) is 1.16. The minimum absolute atomic E-state index is 0.0232. The fourth-order valence-electron chi connectivity index (χ4n) is 4.03. The molecule has 3 atom stereocenters. The Hall–Kier alpha value is -2.86. The lowest BCUT2D eigenvalue weighted by molar-refractivity contribution is -0.137. The average Bonchev–Trinajstić information content (AvgIpc) is 3.29. The second-order valence-electron chi connectivity index (χ2n) is 8.75. The van der Waals surface area contributed by atoms with E-state index in [4.69, 9.17) is 0 Å². The number of benzene rings is 1. The number of piperidine rings is 1. The second kappa shape index (κ2) is 11.3. The molecule has 35 heavy (non-hydrogen) atoms. The van der Waals surface area contributed by atoms with E-state index in [-0.39, 0.29) is 41.2 Å². The predicted molar refractivity (Wildman–Crippen MR) is 127 cm³/mol. The molecular weight excluding hydrogens is 480 g/mol. The van der Waals surface area contributed by atoms with Gasteiger partial charge in [-0.3, -0.25) is 9.59 Å². The summed E-state index contributed by atoms with van der Waals surface area (Å²) in [5.41, 5.74) is 0.398. The highest BCUT2D eigenvalue weighted by Gasteiger charge is 2.31. The molecular formula is C23H31F2N5O4S. The number of rotatable bonds is 9. The molecule has 2 heterocycles. The lowest BCUT2D eigenvalue weighted by Crippen LogP contribution is -2.51. The quantitative estimate of drug-likeness (QED) is 0.478. The van der Waals surface area contributed by atoms with E-state index >= 15 is 0 Å². The Balaban J connectivity index is 1.73. The highest BCUT2D eigenvalue weighted by molar-refractivity contribution is 7.89. The van der Waals surface area contributed by atoms with E-state index in [1.165, 1.54) is 19.2 Å². The molecule has 1 aromatic heterocycles. The smallest absolute Gasteiger partial charge is 0.239 e. The number of imidazole rings is 1. The number of sulfonamides is 1. The minimum Gasteiger partial charge on any atom is -0.345 e. The number of halogens is 2. The van der Waals surface area contributed by atoms with Crippen molar-refractivity contribution in [1.82, 2.24) is 24.9 Å². The van der Waals surface area contributed by atoms with Gasteiger partial charge in [0.2, 0.25) is 21.8 Å². The molecule has 3 rings (SSSR count). The summed E-state index contributed by atoms with van der Waals surface area (Å²) in [6.07, 6.45) is 3.77. The van der Waals surface area contributed by atoms with Crippen molar-refractivity contribution in [3.63, 3.8) is 0 Å². The van der Waals surface area contributed by atoms with Crippen LogP contribution < -0.4 is 10.0 Å². The first-order valence-corrected chi connectivity index (χ1v) is 13.3. The van der Waals surface area contributed by atoms with Crippen molar-refractivity contribution in [2.75, 3.05) is 12.3 Å². The first-order valence-electron chi connectivity index (χ1n) is 11.6. The third-order valence-corrected chi connectivity index (χ3v) is 7.51. The Kier molecular flexibility index (Phi) is 8.60. The number of aromatic nitrogens is 2. The number of likely N-dealkylation sites (tertiary alicyclic amines) is 1. The van der Waals surface area contributed by atoms with Crippen molar-refractivity contribution in [3.05, 3.63) is 41.9 Å². The Morgan fingerprint density at radius 2 is 2.03 bits per heavy atom. The molecule has 12 heteroatoms. The summed E-state index contributed by atoms with van der Waals surface area (Å²) in [6.45, 7) is 5.55. The Labute approximate surface area is 203 Å². The summed E-state index contributed by atoms with van der Waals surface area (Å²) in [5.74, 6) is -2.41. The SMILES string of the molecule is CCS(=O)(=O)N[C@@H](CC(=O)N1CCCC[C@@H]1C)C(=O)N[C@@H](C)c1ncc(-c2ccc(F)cc2F)[nH]1. The molecule has 2 aromatic rings. The summed E-state index contributed by atoms with van der Waals surface area (Å²) in [4.78, 5) is 34.7. The lowest BCUT2D eigenvalue weighted by atomic mass is 10.0. The number of hydrogen-bond acceptors (Lipinski definition) is 5. The molecule has 1 aromatic carbocycles. The molecule has 9 nitrogen and oxygen atoms in total. The highest BCUT2D eigenvalue weighted by atomic mass is 32.2. The van der Waals surface area contributed by atoms with Crippen LogP contribution in [0.2, 0.25) is 0 Å². The van der Waals surface area contributed by atoms with Crippen LogP contribution in [0.15, 0.2) is 24.4 Å². The van der Waals surface area contributed by atoms with Crippen LogP contribution in [-0.2, 0) is 19.6 Å². The minimum atomic E-state index is -3.77. The molecule has 0 saturated carbocycles. The van der Waals surface area contributed by atoms with Gasteiger partial charge in [0, 0.05) is 24.2 Å². The number of aromatic amines is 1. The van der Waals surface area contributed by atoms with E-state index in [1.807, 2.05) is 6.92 Å². The van der Waals surface area contributed by atoms with Crippen LogP contribution >= 0.6 is 0 Å². The summed E-state index contributed by atoms with van der Waals surface area (Å²) in [7, 11) is -3.77. The van der Waals surface area contributed by atoms with Gasteiger partial charge in [0.1, 0.15) is 23.5 Å². The van der Waals surface area contributed by atoms with Gasteiger partial charge in [-0.05, 0) is 52.2 Å². The van der Waals surface area contributed by atoms with Crippen molar-refractivity contribution >= 4 is 21.8 Å². The molecule has 1 aliphatic heterocycles. The predicted octanol–water partition coefficient (Wildman–Crippen LogP) is 2.63. The molecule has 0 spiro atoms. The van der Waals surface area contributed by atoms with Gasteiger partial charge in [-0.25, -0.2) is 26.9 Å². The van der Waals surface area contributed by atoms with Crippen molar-refractivity contribution in [1.29, 1.82) is 0 Å². The van der Waals surface area contributed by atoms with Crippen LogP contribution in [0, 0.1) is 11.6 Å². The number of nitrogens with zero attached hydrogens (tertiary/aromatic N) is 2. The second-order valence-corrected chi connectivity index (χ2v) is 10.8. The summed E-state index contributed by atoms with van der Waals surface area (Å²) >= 11 is 0. The number of hydrogen-bond donors (Lipinski definition) is 3. The molecule has 192 valence electrons. The van der Waals surface area contributed by atoms with Gasteiger partial charge in [0.25, 0.3) is 0 Å². The number of carbonyl (C=O) groups is 2. The third-order valence-electron chi connectivity index (χ3n) is 6.11. The molecule has 2 amide bonds. The average molecular weight is 512 g/mol. The van der Waals surface area contributed by atoms with Crippen molar-refractivity contribution in [2.45, 2.75) is 64.6 Å². The Bertz CT molecular complexity index is 1170. The van der Waals surface area contributed by atoms with Crippen molar-refractivity contribution in [2.24, 2.45) is 0 Å². The molecule has 0 radical (unpaired) electrons. The lowest BCUT2D eigenvalue weighted by Gasteiger charge is -2.34. The maximum absolute atomic E-state index is 14.1. The first kappa shape index (κ1) is 26.7. The number of nitrogens with one attached hydrogen (secondary N) is 3. The molecule has 3 N–H and O–H groups in total. The van der Waals surface area contributed by atoms with E-state index in [0.29, 0.717) is 6.54 Å². The Morgan fingerprint density at radius 3 is 2.69 bits per heavy atom. The maximum Gasteiger partial charge on any atom is 0.239 e. The standard InChI is InChI=1S/C23H31F2N5O4S/c1-4-35(33,34)29-19(12-21(31)30-10-6-5-7-14(30)2)23(32)27-15(3)22-26-13-20(28-22)17-9-8-16(24)11-18(17)25/h8-9,11,13-15,19,29H,4-7,10,12H2,1-3H3,(H,26,28)(H,27,32)/t14-,15-,19-/m0/s1. The molecule has 0 unspecified atom stereocenters. The van der Waals surface area contributed by atoms with Gasteiger partial charge < -0.3 is 15.2 Å². The zero-order valence-electron chi connectivity index (χ0n) is 20.0. The summed E-state index contributed by atoms with van der Waals surface area (Å²) < 4.78 is 54.0. The molecule has 0 bridgehead atoms. The van der Waals surface area contributed by atoms with Crippen molar-refractivity contribution in [3.8, 4) is 11.3 Å². The largest absolute Gasteiger partial charge is 0.345 e. The zero-order chi connectivity index (χ0) is 25.8. The number of carbonyl (C=O) groups excluding carboxylic acids is 2. The fraction of sp³-hybridized carbons (Fsp3) is 0.522. The van der Waals surface area contributed by atoms with E-state index in [2.05, 4.69) is 20.0 Å². The number of amides is 2.